The molecular weight excluding hydrogens is 242 g/mol. The fraction of sp³-hybridized carbons (Fsp3) is 0.500. The van der Waals surface area contributed by atoms with Crippen molar-refractivity contribution in [1.29, 1.82) is 0 Å². The number of hydrogen-bond acceptors (Lipinski definition) is 3. The molecule has 16 heavy (non-hydrogen) atoms. The van der Waals surface area contributed by atoms with Crippen molar-refractivity contribution in [3.63, 3.8) is 0 Å². The predicted molar refractivity (Wildman–Crippen MR) is 71.3 cm³/mol. The molecule has 0 amide bonds. The largest absolute Gasteiger partial charge is 0.385 e. The Bertz CT molecular complexity index is 331. The fourth-order valence-electron chi connectivity index (χ4n) is 1.30. The Balaban J connectivity index is 2.54. The second-order valence-electron chi connectivity index (χ2n) is 3.67. The van der Waals surface area contributed by atoms with E-state index in [0.717, 1.165) is 34.3 Å². The molecule has 1 atom stereocenters. The molecule has 2 N–H and O–H groups in total. The zero-order valence-corrected chi connectivity index (χ0v) is 11.3. The van der Waals surface area contributed by atoms with E-state index in [1.165, 1.54) is 0 Å². The van der Waals surface area contributed by atoms with Gasteiger partial charge in [0, 0.05) is 30.4 Å². The van der Waals surface area contributed by atoms with E-state index >= 15 is 0 Å². The lowest BCUT2D eigenvalue weighted by molar-refractivity contribution is 0.200. The molecule has 0 aromatic heterocycles. The molecule has 90 valence electrons. The summed E-state index contributed by atoms with van der Waals surface area (Å²) in [7, 11) is 1.72. The average molecular weight is 260 g/mol. The SMILES string of the molecule is COCCCSc1ccc([C@@H](C)N)cc1Cl. The minimum Gasteiger partial charge on any atom is -0.385 e. The van der Waals surface area contributed by atoms with E-state index < -0.39 is 0 Å². The van der Waals surface area contributed by atoms with Gasteiger partial charge in [-0.05, 0) is 31.0 Å². The second kappa shape index (κ2) is 7.17. The Morgan fingerprint density at radius 2 is 2.25 bits per heavy atom. The van der Waals surface area contributed by atoms with Crippen LogP contribution >= 0.6 is 23.4 Å². The van der Waals surface area contributed by atoms with E-state index in [4.69, 9.17) is 22.1 Å². The molecule has 1 rings (SSSR count). The zero-order chi connectivity index (χ0) is 12.0. The number of benzene rings is 1. The van der Waals surface area contributed by atoms with Gasteiger partial charge in [-0.3, -0.25) is 0 Å². The average Bonchev–Trinajstić information content (AvgIpc) is 2.26. The normalized spacial score (nSPS) is 12.8. The molecular formula is C12H18ClNOS. The van der Waals surface area contributed by atoms with Crippen LogP contribution in [0, 0.1) is 0 Å². The van der Waals surface area contributed by atoms with Gasteiger partial charge in [-0.25, -0.2) is 0 Å². The fourth-order valence-corrected chi connectivity index (χ4v) is 2.50. The van der Waals surface area contributed by atoms with Crippen molar-refractivity contribution in [3.05, 3.63) is 28.8 Å². The van der Waals surface area contributed by atoms with E-state index in [2.05, 4.69) is 0 Å². The maximum atomic E-state index is 6.18. The number of thioether (sulfide) groups is 1. The minimum atomic E-state index is 0.0324. The summed E-state index contributed by atoms with van der Waals surface area (Å²) in [4.78, 5) is 1.11. The highest BCUT2D eigenvalue weighted by molar-refractivity contribution is 7.99. The molecule has 0 saturated heterocycles. The number of hydrogen-bond donors (Lipinski definition) is 1. The first-order chi connectivity index (χ1) is 7.65. The van der Waals surface area contributed by atoms with Crippen LogP contribution in [0.4, 0.5) is 0 Å². The van der Waals surface area contributed by atoms with Gasteiger partial charge in [0.05, 0.1) is 5.02 Å². The summed E-state index contributed by atoms with van der Waals surface area (Å²) in [6.07, 6.45) is 1.03. The minimum absolute atomic E-state index is 0.0324. The molecule has 1 aromatic rings. The van der Waals surface area contributed by atoms with Crippen LogP contribution in [-0.2, 0) is 4.74 Å². The summed E-state index contributed by atoms with van der Waals surface area (Å²) in [5.41, 5.74) is 6.87. The maximum Gasteiger partial charge on any atom is 0.0545 e. The van der Waals surface area contributed by atoms with E-state index in [1.807, 2.05) is 25.1 Å². The van der Waals surface area contributed by atoms with Gasteiger partial charge in [0.2, 0.25) is 0 Å². The molecule has 0 saturated carbocycles. The second-order valence-corrected chi connectivity index (χ2v) is 5.22. The molecule has 0 aliphatic rings. The third-order valence-corrected chi connectivity index (χ3v) is 3.82. The Morgan fingerprint density at radius 3 is 2.81 bits per heavy atom. The third kappa shape index (κ3) is 4.34. The topological polar surface area (TPSA) is 35.2 Å². The number of methoxy groups -OCH3 is 1. The molecule has 0 fully saturated rings. The van der Waals surface area contributed by atoms with E-state index in [-0.39, 0.29) is 6.04 Å². The van der Waals surface area contributed by atoms with Gasteiger partial charge in [0.1, 0.15) is 0 Å². The Labute approximate surface area is 107 Å². The van der Waals surface area contributed by atoms with Crippen LogP contribution in [0.2, 0.25) is 5.02 Å². The molecule has 2 nitrogen and oxygen atoms in total. The van der Waals surface area contributed by atoms with Crippen molar-refractivity contribution < 1.29 is 4.74 Å². The van der Waals surface area contributed by atoms with E-state index in [0.29, 0.717) is 0 Å². The lowest BCUT2D eigenvalue weighted by Gasteiger charge is -2.09. The molecule has 0 heterocycles. The summed E-state index contributed by atoms with van der Waals surface area (Å²) in [5.74, 6) is 1.02. The van der Waals surface area contributed by atoms with Gasteiger partial charge in [-0.15, -0.1) is 11.8 Å². The van der Waals surface area contributed by atoms with Gasteiger partial charge < -0.3 is 10.5 Å². The van der Waals surface area contributed by atoms with Gasteiger partial charge in [-0.1, -0.05) is 17.7 Å². The summed E-state index contributed by atoms with van der Waals surface area (Å²) >= 11 is 7.93. The van der Waals surface area contributed by atoms with Crippen LogP contribution in [0.3, 0.4) is 0 Å². The van der Waals surface area contributed by atoms with Crippen LogP contribution in [0.15, 0.2) is 23.1 Å². The highest BCUT2D eigenvalue weighted by atomic mass is 35.5. The predicted octanol–water partition coefficient (Wildman–Crippen LogP) is 3.49. The van der Waals surface area contributed by atoms with Crippen LogP contribution in [0.5, 0.6) is 0 Å². The molecule has 0 unspecified atom stereocenters. The first-order valence-electron chi connectivity index (χ1n) is 5.32. The Morgan fingerprint density at radius 1 is 1.50 bits per heavy atom. The van der Waals surface area contributed by atoms with Crippen molar-refractivity contribution in [2.45, 2.75) is 24.3 Å². The van der Waals surface area contributed by atoms with Gasteiger partial charge in [0.15, 0.2) is 0 Å². The number of rotatable bonds is 6. The van der Waals surface area contributed by atoms with E-state index in [9.17, 15) is 0 Å². The van der Waals surface area contributed by atoms with E-state index in [1.54, 1.807) is 18.9 Å². The molecule has 0 spiro atoms. The molecule has 1 aromatic carbocycles. The van der Waals surface area contributed by atoms with Crippen molar-refractivity contribution >= 4 is 23.4 Å². The molecule has 0 aliphatic heterocycles. The number of nitrogens with two attached hydrogens (primary N) is 1. The summed E-state index contributed by atoms with van der Waals surface area (Å²) in [6.45, 7) is 2.75. The van der Waals surface area contributed by atoms with Crippen LogP contribution in [0.1, 0.15) is 24.9 Å². The van der Waals surface area contributed by atoms with Crippen molar-refractivity contribution in [2.75, 3.05) is 19.5 Å². The highest BCUT2D eigenvalue weighted by Crippen LogP contribution is 2.29. The van der Waals surface area contributed by atoms with Gasteiger partial charge >= 0.3 is 0 Å². The smallest absolute Gasteiger partial charge is 0.0545 e. The van der Waals surface area contributed by atoms with Crippen LogP contribution < -0.4 is 5.73 Å². The molecule has 4 heteroatoms. The summed E-state index contributed by atoms with van der Waals surface area (Å²) in [6, 6.07) is 6.06. The maximum absolute atomic E-state index is 6.18. The highest BCUT2D eigenvalue weighted by Gasteiger charge is 2.05. The first-order valence-corrected chi connectivity index (χ1v) is 6.68. The number of ether oxygens (including phenoxy) is 1. The van der Waals surface area contributed by atoms with Crippen molar-refractivity contribution in [2.24, 2.45) is 5.73 Å². The lowest BCUT2D eigenvalue weighted by atomic mass is 10.1. The Hall–Kier alpha value is -0.220. The lowest BCUT2D eigenvalue weighted by Crippen LogP contribution is -2.04. The standard InChI is InChI=1S/C12H18ClNOS/c1-9(14)10-4-5-12(11(13)8-10)16-7-3-6-15-2/h4-5,8-9H,3,6-7,14H2,1-2H3/t9-/m1/s1. The Kier molecular flexibility index (Phi) is 6.21. The molecule has 0 aliphatic carbocycles. The summed E-state index contributed by atoms with van der Waals surface area (Å²) < 4.78 is 5.00. The van der Waals surface area contributed by atoms with Crippen molar-refractivity contribution in [3.8, 4) is 0 Å². The van der Waals surface area contributed by atoms with Gasteiger partial charge in [-0.2, -0.15) is 0 Å². The molecule has 0 bridgehead atoms. The van der Waals surface area contributed by atoms with Crippen LogP contribution in [0.25, 0.3) is 0 Å². The first kappa shape index (κ1) is 13.8. The molecule has 0 radical (unpaired) electrons. The van der Waals surface area contributed by atoms with Crippen molar-refractivity contribution in [1.82, 2.24) is 0 Å². The number of halogens is 1. The van der Waals surface area contributed by atoms with Gasteiger partial charge in [0.25, 0.3) is 0 Å². The monoisotopic (exact) mass is 259 g/mol. The summed E-state index contributed by atoms with van der Waals surface area (Å²) in [5, 5.41) is 0.789. The van der Waals surface area contributed by atoms with Crippen LogP contribution in [-0.4, -0.2) is 19.5 Å². The quantitative estimate of drug-likeness (QED) is 0.627. The third-order valence-electron chi connectivity index (χ3n) is 2.23. The zero-order valence-electron chi connectivity index (χ0n) is 9.70.